The third-order valence-corrected chi connectivity index (χ3v) is 3.38. The number of alkyl halides is 3. The van der Waals surface area contributed by atoms with Gasteiger partial charge < -0.3 is 5.11 Å². The first-order valence-electron chi connectivity index (χ1n) is 5.25. The van der Waals surface area contributed by atoms with Crippen LogP contribution in [-0.2, 0) is 6.18 Å². The van der Waals surface area contributed by atoms with Crippen LogP contribution < -0.4 is 0 Å². The van der Waals surface area contributed by atoms with Gasteiger partial charge in [0, 0.05) is 0 Å². The van der Waals surface area contributed by atoms with Crippen molar-refractivity contribution in [2.75, 3.05) is 0 Å². The highest BCUT2D eigenvalue weighted by Gasteiger charge is 2.38. The smallest absolute Gasteiger partial charge is 0.393 e. The fourth-order valence-corrected chi connectivity index (χ4v) is 2.15. The van der Waals surface area contributed by atoms with E-state index in [1.165, 1.54) is 12.1 Å². The minimum Gasteiger partial charge on any atom is -0.393 e. The number of aliphatic hydroxyl groups excluding tert-OH is 1. The van der Waals surface area contributed by atoms with E-state index < -0.39 is 11.7 Å². The van der Waals surface area contributed by atoms with Crippen molar-refractivity contribution in [1.82, 2.24) is 0 Å². The van der Waals surface area contributed by atoms with E-state index in [4.69, 9.17) is 0 Å². The molecule has 1 saturated carbocycles. The molecule has 1 fully saturated rings. The van der Waals surface area contributed by atoms with E-state index in [2.05, 4.69) is 0 Å². The van der Waals surface area contributed by atoms with Gasteiger partial charge in [-0.05, 0) is 29.9 Å². The van der Waals surface area contributed by atoms with Crippen LogP contribution in [0.2, 0.25) is 0 Å². The molecule has 16 heavy (non-hydrogen) atoms. The quantitative estimate of drug-likeness (QED) is 0.785. The number of benzene rings is 1. The molecule has 0 amide bonds. The summed E-state index contributed by atoms with van der Waals surface area (Å²) in [4.78, 5) is 0. The van der Waals surface area contributed by atoms with Crippen molar-refractivity contribution in [3.05, 3.63) is 35.4 Å². The Labute approximate surface area is 91.9 Å². The highest BCUT2D eigenvalue weighted by Crippen LogP contribution is 2.43. The molecule has 4 heteroatoms. The Hall–Kier alpha value is -1.03. The molecule has 1 N–H and O–H groups in total. The lowest BCUT2D eigenvalue weighted by Crippen LogP contribution is -2.37. The van der Waals surface area contributed by atoms with Crippen molar-refractivity contribution < 1.29 is 18.3 Å². The van der Waals surface area contributed by atoms with E-state index in [1.807, 2.05) is 6.92 Å². The van der Waals surface area contributed by atoms with Crippen molar-refractivity contribution in [1.29, 1.82) is 0 Å². The summed E-state index contributed by atoms with van der Waals surface area (Å²) in [6, 6.07) is 5.38. The molecule has 0 saturated heterocycles. The fraction of sp³-hybridized carbons (Fsp3) is 0.500. The first-order valence-corrected chi connectivity index (χ1v) is 5.25. The second-order valence-electron chi connectivity index (χ2n) is 4.39. The van der Waals surface area contributed by atoms with Crippen LogP contribution in [0.4, 0.5) is 13.2 Å². The van der Waals surface area contributed by atoms with Crippen molar-refractivity contribution in [3.63, 3.8) is 0 Å². The van der Waals surface area contributed by atoms with E-state index in [0.29, 0.717) is 12.0 Å². The number of halogens is 3. The van der Waals surface area contributed by atoms with Gasteiger partial charge >= 0.3 is 6.18 Å². The molecule has 1 aliphatic rings. The highest BCUT2D eigenvalue weighted by molar-refractivity contribution is 5.30. The predicted molar refractivity (Wildman–Crippen MR) is 54.0 cm³/mol. The second-order valence-corrected chi connectivity index (χ2v) is 4.39. The molecule has 0 heterocycles. The number of hydrogen-bond donors (Lipinski definition) is 1. The summed E-state index contributed by atoms with van der Waals surface area (Å²) >= 11 is 0. The van der Waals surface area contributed by atoms with Crippen molar-refractivity contribution in [2.45, 2.75) is 31.5 Å². The van der Waals surface area contributed by atoms with Crippen molar-refractivity contribution >= 4 is 0 Å². The van der Waals surface area contributed by atoms with Gasteiger partial charge in [-0.1, -0.05) is 25.1 Å². The monoisotopic (exact) mass is 230 g/mol. The predicted octanol–water partition coefficient (Wildman–Crippen LogP) is 3.19. The molecule has 3 atom stereocenters. The summed E-state index contributed by atoms with van der Waals surface area (Å²) in [5, 5.41) is 9.36. The van der Waals surface area contributed by atoms with Gasteiger partial charge in [0.15, 0.2) is 0 Å². The molecular weight excluding hydrogens is 217 g/mol. The Morgan fingerprint density at radius 2 is 2.00 bits per heavy atom. The first kappa shape index (κ1) is 11.5. The molecule has 3 unspecified atom stereocenters. The summed E-state index contributed by atoms with van der Waals surface area (Å²) < 4.78 is 37.4. The summed E-state index contributed by atoms with van der Waals surface area (Å²) in [5.41, 5.74) is 0.0613. The van der Waals surface area contributed by atoms with Gasteiger partial charge in [-0.2, -0.15) is 13.2 Å². The molecule has 0 bridgehead atoms. The van der Waals surface area contributed by atoms with Crippen LogP contribution in [0.15, 0.2) is 24.3 Å². The molecule has 0 radical (unpaired) electrons. The summed E-state index contributed by atoms with van der Waals surface area (Å²) in [5.74, 6) is 0.0979. The fourth-order valence-electron chi connectivity index (χ4n) is 2.15. The lowest BCUT2D eigenvalue weighted by atomic mass is 9.68. The molecular formula is C12H13F3O. The van der Waals surface area contributed by atoms with Crippen LogP contribution in [0.3, 0.4) is 0 Å². The lowest BCUT2D eigenvalue weighted by molar-refractivity contribution is -0.137. The van der Waals surface area contributed by atoms with Gasteiger partial charge in [0.1, 0.15) is 0 Å². The summed E-state index contributed by atoms with van der Waals surface area (Å²) in [6.45, 7) is 1.86. The average Bonchev–Trinajstić information content (AvgIpc) is 2.24. The van der Waals surface area contributed by atoms with Gasteiger partial charge in [-0.25, -0.2) is 0 Å². The largest absolute Gasteiger partial charge is 0.416 e. The minimum atomic E-state index is -4.29. The van der Waals surface area contributed by atoms with Crippen LogP contribution in [0.25, 0.3) is 0 Å². The van der Waals surface area contributed by atoms with E-state index in [-0.39, 0.29) is 17.9 Å². The van der Waals surface area contributed by atoms with Gasteiger partial charge in [0.05, 0.1) is 11.7 Å². The summed E-state index contributed by atoms with van der Waals surface area (Å²) in [6.07, 6.45) is -4.11. The van der Waals surface area contributed by atoms with Crippen LogP contribution in [-0.4, -0.2) is 11.2 Å². The molecule has 1 aromatic carbocycles. The van der Waals surface area contributed by atoms with E-state index in [0.717, 1.165) is 6.07 Å². The normalized spacial score (nSPS) is 29.9. The SMILES string of the molecule is CC1C(O)CC1c1cccc(C(F)(F)F)c1. The van der Waals surface area contributed by atoms with Crippen molar-refractivity contribution in [2.24, 2.45) is 5.92 Å². The Balaban J connectivity index is 2.24. The third kappa shape index (κ3) is 1.94. The number of aliphatic hydroxyl groups is 1. The first-order chi connectivity index (χ1) is 7.39. The molecule has 1 nitrogen and oxygen atoms in total. The summed E-state index contributed by atoms with van der Waals surface area (Å²) in [7, 11) is 0. The Bertz CT molecular complexity index is 386. The van der Waals surface area contributed by atoms with Gasteiger partial charge in [-0.3, -0.25) is 0 Å². The third-order valence-electron chi connectivity index (χ3n) is 3.38. The van der Waals surface area contributed by atoms with E-state index >= 15 is 0 Å². The Morgan fingerprint density at radius 1 is 1.31 bits per heavy atom. The molecule has 0 spiro atoms. The number of rotatable bonds is 1. The van der Waals surface area contributed by atoms with E-state index in [9.17, 15) is 18.3 Å². The second kappa shape index (κ2) is 3.77. The number of hydrogen-bond acceptors (Lipinski definition) is 1. The standard InChI is InChI=1S/C12H13F3O/c1-7-10(6-11(7)16)8-3-2-4-9(5-8)12(13,14)15/h2-5,7,10-11,16H,6H2,1H3. The van der Waals surface area contributed by atoms with Crippen molar-refractivity contribution in [3.8, 4) is 0 Å². The average molecular weight is 230 g/mol. The van der Waals surface area contributed by atoms with E-state index in [1.54, 1.807) is 6.07 Å². The maximum Gasteiger partial charge on any atom is 0.416 e. The molecule has 1 aromatic rings. The van der Waals surface area contributed by atoms with Gasteiger partial charge in [0.2, 0.25) is 0 Å². The molecule has 2 rings (SSSR count). The van der Waals surface area contributed by atoms with Crippen LogP contribution >= 0.6 is 0 Å². The molecule has 0 aliphatic heterocycles. The Morgan fingerprint density at radius 3 is 2.50 bits per heavy atom. The van der Waals surface area contributed by atoms with Crippen LogP contribution in [0.1, 0.15) is 30.4 Å². The zero-order valence-electron chi connectivity index (χ0n) is 8.83. The topological polar surface area (TPSA) is 20.2 Å². The molecule has 88 valence electrons. The maximum atomic E-state index is 12.5. The molecule has 1 aliphatic carbocycles. The zero-order valence-corrected chi connectivity index (χ0v) is 8.83. The van der Waals surface area contributed by atoms with Crippen LogP contribution in [0.5, 0.6) is 0 Å². The highest BCUT2D eigenvalue weighted by atomic mass is 19.4. The van der Waals surface area contributed by atoms with Crippen LogP contribution in [0, 0.1) is 5.92 Å². The lowest BCUT2D eigenvalue weighted by Gasteiger charge is -2.40. The van der Waals surface area contributed by atoms with Gasteiger partial charge in [-0.15, -0.1) is 0 Å². The minimum absolute atomic E-state index is 0.0449. The zero-order chi connectivity index (χ0) is 11.9. The Kier molecular flexibility index (Phi) is 2.70. The molecule has 0 aromatic heterocycles. The van der Waals surface area contributed by atoms with Gasteiger partial charge in [0.25, 0.3) is 0 Å². The maximum absolute atomic E-state index is 12.5.